The molecule has 0 saturated carbocycles. The maximum absolute atomic E-state index is 3.18. The van der Waals surface area contributed by atoms with Crippen LogP contribution in [0.5, 0.6) is 0 Å². The first-order chi connectivity index (χ1) is 5.91. The van der Waals surface area contributed by atoms with Crippen molar-refractivity contribution in [3.05, 3.63) is 0 Å². The van der Waals surface area contributed by atoms with E-state index in [2.05, 4.69) is 12.2 Å². The van der Waals surface area contributed by atoms with Crippen LogP contribution in [0, 0.1) is 0 Å². The lowest BCUT2D eigenvalue weighted by molar-refractivity contribution is 0.567. The minimum absolute atomic E-state index is 1.19. The Hall–Kier alpha value is -0.0400. The van der Waals surface area contributed by atoms with Gasteiger partial charge in [-0.1, -0.05) is 51.9 Å². The Balaban J connectivity index is 2.73. The summed E-state index contributed by atoms with van der Waals surface area (Å²) in [6.07, 6.45) is 11.3. The molecule has 0 aliphatic heterocycles. The molecule has 0 saturated heterocycles. The molecule has 0 atom stereocenters. The quantitative estimate of drug-likeness (QED) is 0.525. The van der Waals surface area contributed by atoms with Crippen LogP contribution in [-0.4, -0.2) is 13.6 Å². The van der Waals surface area contributed by atoms with Crippen LogP contribution < -0.4 is 5.32 Å². The van der Waals surface area contributed by atoms with Crippen molar-refractivity contribution in [2.75, 3.05) is 13.6 Å². The van der Waals surface area contributed by atoms with Crippen LogP contribution in [0.3, 0.4) is 0 Å². The predicted octanol–water partition coefficient (Wildman–Crippen LogP) is 3.35. The third kappa shape index (κ3) is 9.96. The highest BCUT2D eigenvalue weighted by atomic mass is 14.8. The molecule has 12 heavy (non-hydrogen) atoms. The van der Waals surface area contributed by atoms with Crippen molar-refractivity contribution in [3.63, 3.8) is 0 Å². The molecule has 0 bridgehead atoms. The van der Waals surface area contributed by atoms with E-state index in [1.54, 1.807) is 0 Å². The van der Waals surface area contributed by atoms with Crippen LogP contribution in [0.4, 0.5) is 0 Å². The highest BCUT2D eigenvalue weighted by Gasteiger charge is 1.89. The molecule has 0 aliphatic rings. The summed E-state index contributed by atoms with van der Waals surface area (Å²) in [6.45, 7) is 3.46. The van der Waals surface area contributed by atoms with Gasteiger partial charge in [0.15, 0.2) is 0 Å². The predicted molar refractivity (Wildman–Crippen MR) is 56.5 cm³/mol. The van der Waals surface area contributed by atoms with Gasteiger partial charge in [-0.15, -0.1) is 0 Å². The first-order valence-electron chi connectivity index (χ1n) is 5.56. The van der Waals surface area contributed by atoms with E-state index in [1.807, 2.05) is 7.05 Å². The Morgan fingerprint density at radius 1 is 0.750 bits per heavy atom. The summed E-state index contributed by atoms with van der Waals surface area (Å²) < 4.78 is 0. The van der Waals surface area contributed by atoms with Crippen molar-refractivity contribution < 1.29 is 0 Å². The summed E-state index contributed by atoms with van der Waals surface area (Å²) >= 11 is 0. The first-order valence-corrected chi connectivity index (χ1v) is 5.56. The Labute approximate surface area is 77.9 Å². The van der Waals surface area contributed by atoms with Gasteiger partial charge in [0.05, 0.1) is 0 Å². The average Bonchev–Trinajstić information content (AvgIpc) is 2.10. The van der Waals surface area contributed by atoms with Crippen LogP contribution in [0.15, 0.2) is 0 Å². The molecule has 0 heterocycles. The first kappa shape index (κ1) is 12.0. The zero-order valence-corrected chi connectivity index (χ0v) is 8.86. The monoisotopic (exact) mass is 171 g/mol. The minimum atomic E-state index is 1.19. The second kappa shape index (κ2) is 11.0. The van der Waals surface area contributed by atoms with Crippen molar-refractivity contribution in [1.82, 2.24) is 5.32 Å². The molecule has 0 aromatic heterocycles. The van der Waals surface area contributed by atoms with Crippen molar-refractivity contribution in [1.29, 1.82) is 0 Å². The Morgan fingerprint density at radius 2 is 1.25 bits per heavy atom. The molecule has 74 valence electrons. The van der Waals surface area contributed by atoms with Crippen LogP contribution in [0.2, 0.25) is 0 Å². The molecule has 0 unspecified atom stereocenters. The molecule has 1 N–H and O–H groups in total. The fourth-order valence-electron chi connectivity index (χ4n) is 1.44. The Morgan fingerprint density at radius 3 is 1.75 bits per heavy atom. The fraction of sp³-hybridized carbons (Fsp3) is 1.00. The van der Waals surface area contributed by atoms with E-state index < -0.39 is 0 Å². The third-order valence-electron chi connectivity index (χ3n) is 2.28. The molecular weight excluding hydrogens is 146 g/mol. The van der Waals surface area contributed by atoms with Crippen LogP contribution in [0.1, 0.15) is 58.3 Å². The number of hydrogen-bond donors (Lipinski definition) is 1. The van der Waals surface area contributed by atoms with Gasteiger partial charge in [0.25, 0.3) is 0 Å². The Kier molecular flexibility index (Phi) is 10.9. The zero-order valence-electron chi connectivity index (χ0n) is 8.86. The molecule has 0 aromatic rings. The summed E-state index contributed by atoms with van der Waals surface area (Å²) in [4.78, 5) is 0. The lowest BCUT2D eigenvalue weighted by atomic mass is 10.1. The molecule has 0 radical (unpaired) electrons. The van der Waals surface area contributed by atoms with Gasteiger partial charge in [0, 0.05) is 0 Å². The minimum Gasteiger partial charge on any atom is -0.320 e. The van der Waals surface area contributed by atoms with E-state index in [0.29, 0.717) is 0 Å². The van der Waals surface area contributed by atoms with Gasteiger partial charge < -0.3 is 5.32 Å². The van der Waals surface area contributed by atoms with Gasteiger partial charge in [-0.3, -0.25) is 0 Å². The number of rotatable bonds is 9. The zero-order chi connectivity index (χ0) is 9.07. The molecular formula is C11H25N. The van der Waals surface area contributed by atoms with E-state index in [0.717, 1.165) is 0 Å². The van der Waals surface area contributed by atoms with Gasteiger partial charge in [-0.2, -0.15) is 0 Å². The van der Waals surface area contributed by atoms with Crippen LogP contribution >= 0.6 is 0 Å². The lowest BCUT2D eigenvalue weighted by Gasteiger charge is -2.00. The van der Waals surface area contributed by atoms with Gasteiger partial charge in [-0.25, -0.2) is 0 Å². The van der Waals surface area contributed by atoms with E-state index >= 15 is 0 Å². The van der Waals surface area contributed by atoms with Gasteiger partial charge in [-0.05, 0) is 20.0 Å². The SMILES string of the molecule is CCCCCCCCCCNC. The molecule has 0 spiro atoms. The third-order valence-corrected chi connectivity index (χ3v) is 2.28. The lowest BCUT2D eigenvalue weighted by Crippen LogP contribution is -2.06. The normalized spacial score (nSPS) is 10.5. The maximum atomic E-state index is 3.18. The largest absolute Gasteiger partial charge is 0.320 e. The second-order valence-electron chi connectivity index (χ2n) is 3.58. The van der Waals surface area contributed by atoms with Crippen molar-refractivity contribution in [2.45, 2.75) is 58.3 Å². The smallest absolute Gasteiger partial charge is 0.00519 e. The molecule has 0 aromatic carbocycles. The summed E-state index contributed by atoms with van der Waals surface area (Å²) in [5, 5.41) is 3.18. The molecule has 0 fully saturated rings. The molecule has 1 heteroatoms. The van der Waals surface area contributed by atoms with Crippen molar-refractivity contribution >= 4 is 0 Å². The molecule has 0 rings (SSSR count). The topological polar surface area (TPSA) is 12.0 Å². The van der Waals surface area contributed by atoms with E-state index in [1.165, 1.54) is 57.9 Å². The number of hydrogen-bond acceptors (Lipinski definition) is 1. The summed E-state index contributed by atoms with van der Waals surface area (Å²) in [6, 6.07) is 0. The highest BCUT2D eigenvalue weighted by Crippen LogP contribution is 2.07. The van der Waals surface area contributed by atoms with Gasteiger partial charge >= 0.3 is 0 Å². The molecule has 0 amide bonds. The maximum Gasteiger partial charge on any atom is -0.00519 e. The van der Waals surface area contributed by atoms with Crippen LogP contribution in [-0.2, 0) is 0 Å². The van der Waals surface area contributed by atoms with E-state index in [-0.39, 0.29) is 0 Å². The fourth-order valence-corrected chi connectivity index (χ4v) is 1.44. The summed E-state index contributed by atoms with van der Waals surface area (Å²) in [7, 11) is 2.03. The van der Waals surface area contributed by atoms with E-state index in [9.17, 15) is 0 Å². The number of unbranched alkanes of at least 4 members (excludes halogenated alkanes) is 7. The van der Waals surface area contributed by atoms with Crippen molar-refractivity contribution in [2.24, 2.45) is 0 Å². The van der Waals surface area contributed by atoms with E-state index in [4.69, 9.17) is 0 Å². The van der Waals surface area contributed by atoms with Gasteiger partial charge in [0.1, 0.15) is 0 Å². The number of nitrogens with one attached hydrogen (secondary N) is 1. The van der Waals surface area contributed by atoms with Crippen LogP contribution in [0.25, 0.3) is 0 Å². The summed E-state index contributed by atoms with van der Waals surface area (Å²) in [5.41, 5.74) is 0. The second-order valence-corrected chi connectivity index (χ2v) is 3.58. The molecule has 1 nitrogen and oxygen atoms in total. The Bertz CT molecular complexity index is 61.4. The van der Waals surface area contributed by atoms with Crippen molar-refractivity contribution in [3.8, 4) is 0 Å². The summed E-state index contributed by atoms with van der Waals surface area (Å²) in [5.74, 6) is 0. The highest BCUT2D eigenvalue weighted by molar-refractivity contribution is 4.46. The average molecular weight is 171 g/mol. The molecule has 0 aliphatic carbocycles. The standard InChI is InChI=1S/C11H25N/c1-3-4-5-6-7-8-9-10-11-12-2/h12H,3-11H2,1-2H3. The van der Waals surface area contributed by atoms with Gasteiger partial charge in [0.2, 0.25) is 0 Å².